The molecule has 0 spiro atoms. The van der Waals surface area contributed by atoms with E-state index in [1.54, 1.807) is 6.20 Å². The van der Waals surface area contributed by atoms with Crippen molar-refractivity contribution in [1.82, 2.24) is 15.0 Å². The van der Waals surface area contributed by atoms with Crippen molar-refractivity contribution < 1.29 is 8.42 Å². The normalized spacial score (nSPS) is 12.0. The van der Waals surface area contributed by atoms with E-state index in [9.17, 15) is 8.42 Å². The Bertz CT molecular complexity index is 469. The zero-order valence-electron chi connectivity index (χ0n) is 11.8. The summed E-state index contributed by atoms with van der Waals surface area (Å²) < 4.78 is 26.1. The quantitative estimate of drug-likeness (QED) is 0.704. The topological polar surface area (TPSA) is 71.1 Å². The van der Waals surface area contributed by atoms with Crippen molar-refractivity contribution in [2.24, 2.45) is 0 Å². The Labute approximate surface area is 115 Å². The van der Waals surface area contributed by atoms with Crippen LogP contribution in [-0.2, 0) is 16.6 Å². The Kier molecular flexibility index (Phi) is 6.41. The summed E-state index contributed by atoms with van der Waals surface area (Å²) in [7, 11) is -3.21. The smallest absolute Gasteiger partial charge is 0.211 e. The average molecular weight is 285 g/mol. The molecule has 2 N–H and O–H groups in total. The number of hydrogen-bond donors (Lipinski definition) is 2. The summed E-state index contributed by atoms with van der Waals surface area (Å²) in [4.78, 5) is 4.13. The summed E-state index contributed by atoms with van der Waals surface area (Å²) in [6.07, 6.45) is 2.30. The molecule has 19 heavy (non-hydrogen) atoms. The van der Waals surface area contributed by atoms with E-state index >= 15 is 0 Å². The van der Waals surface area contributed by atoms with Crippen LogP contribution in [0.2, 0.25) is 0 Å². The van der Waals surface area contributed by atoms with Crippen molar-refractivity contribution in [2.45, 2.75) is 39.8 Å². The molecule has 1 rings (SSSR count). The zero-order valence-corrected chi connectivity index (χ0v) is 12.6. The van der Waals surface area contributed by atoms with E-state index in [2.05, 4.69) is 15.0 Å². The number of nitrogens with one attached hydrogen (secondary N) is 2. The standard InChI is InChI=1S/C13H23N3O2S/c1-11(2)14-7-4-8-19(17,18)16-10-13-6-5-12(3)15-9-13/h5-6,9,11,14,16H,4,7-8,10H2,1-3H3. The van der Waals surface area contributed by atoms with Gasteiger partial charge in [-0.25, -0.2) is 13.1 Å². The van der Waals surface area contributed by atoms with Crippen LogP contribution in [0.1, 0.15) is 31.5 Å². The highest BCUT2D eigenvalue weighted by Gasteiger charge is 2.09. The maximum Gasteiger partial charge on any atom is 0.211 e. The molecule has 1 heterocycles. The Hall–Kier alpha value is -0.980. The van der Waals surface area contributed by atoms with Crippen LogP contribution in [-0.4, -0.2) is 31.7 Å². The van der Waals surface area contributed by atoms with E-state index in [0.29, 0.717) is 25.6 Å². The first-order chi connectivity index (χ1) is 8.89. The lowest BCUT2D eigenvalue weighted by molar-refractivity contribution is 0.560. The largest absolute Gasteiger partial charge is 0.314 e. The molecule has 0 bridgehead atoms. The van der Waals surface area contributed by atoms with Gasteiger partial charge in [-0.2, -0.15) is 0 Å². The Balaban J connectivity index is 2.32. The Morgan fingerprint density at radius 1 is 1.32 bits per heavy atom. The fraction of sp³-hybridized carbons (Fsp3) is 0.615. The minimum atomic E-state index is -3.21. The highest BCUT2D eigenvalue weighted by Crippen LogP contribution is 2.00. The molecule has 0 aliphatic carbocycles. The summed E-state index contributed by atoms with van der Waals surface area (Å²) in [5.41, 5.74) is 1.79. The molecular weight excluding hydrogens is 262 g/mol. The number of pyridine rings is 1. The summed E-state index contributed by atoms with van der Waals surface area (Å²) >= 11 is 0. The van der Waals surface area contributed by atoms with Gasteiger partial charge in [0.2, 0.25) is 10.0 Å². The number of hydrogen-bond acceptors (Lipinski definition) is 4. The second-order valence-electron chi connectivity index (χ2n) is 4.91. The summed E-state index contributed by atoms with van der Waals surface area (Å²) in [5.74, 6) is 0.145. The number of rotatable bonds is 8. The Morgan fingerprint density at radius 2 is 2.05 bits per heavy atom. The minimum Gasteiger partial charge on any atom is -0.314 e. The minimum absolute atomic E-state index is 0.145. The maximum absolute atomic E-state index is 11.8. The van der Waals surface area contributed by atoms with Gasteiger partial charge in [-0.05, 0) is 31.5 Å². The molecule has 0 aliphatic rings. The van der Waals surface area contributed by atoms with Crippen LogP contribution in [0.4, 0.5) is 0 Å². The highest BCUT2D eigenvalue weighted by atomic mass is 32.2. The van der Waals surface area contributed by atoms with Crippen molar-refractivity contribution in [3.05, 3.63) is 29.6 Å². The van der Waals surface area contributed by atoms with Crippen molar-refractivity contribution in [3.63, 3.8) is 0 Å². The van der Waals surface area contributed by atoms with Crippen LogP contribution in [0.25, 0.3) is 0 Å². The van der Waals surface area contributed by atoms with Crippen LogP contribution in [0.3, 0.4) is 0 Å². The Morgan fingerprint density at radius 3 is 2.63 bits per heavy atom. The molecule has 1 aromatic heterocycles. The van der Waals surface area contributed by atoms with E-state index < -0.39 is 10.0 Å². The predicted molar refractivity (Wildman–Crippen MR) is 77.4 cm³/mol. The van der Waals surface area contributed by atoms with Gasteiger partial charge in [-0.3, -0.25) is 4.98 Å². The second kappa shape index (κ2) is 7.57. The third-order valence-electron chi connectivity index (χ3n) is 2.61. The van der Waals surface area contributed by atoms with Crippen LogP contribution < -0.4 is 10.0 Å². The van der Waals surface area contributed by atoms with E-state index in [4.69, 9.17) is 0 Å². The molecule has 6 heteroatoms. The van der Waals surface area contributed by atoms with Gasteiger partial charge in [0, 0.05) is 24.5 Å². The molecule has 0 aliphatic heterocycles. The van der Waals surface area contributed by atoms with Gasteiger partial charge in [0.25, 0.3) is 0 Å². The number of sulfonamides is 1. The van der Waals surface area contributed by atoms with E-state index in [1.165, 1.54) is 0 Å². The molecule has 5 nitrogen and oxygen atoms in total. The van der Waals surface area contributed by atoms with Crippen LogP contribution in [0.5, 0.6) is 0 Å². The predicted octanol–water partition coefficient (Wildman–Crippen LogP) is 1.20. The molecule has 0 fully saturated rings. The van der Waals surface area contributed by atoms with Crippen molar-refractivity contribution in [3.8, 4) is 0 Å². The first-order valence-corrected chi connectivity index (χ1v) is 8.16. The van der Waals surface area contributed by atoms with Crippen molar-refractivity contribution in [2.75, 3.05) is 12.3 Å². The maximum atomic E-state index is 11.8. The second-order valence-corrected chi connectivity index (χ2v) is 6.84. The SMILES string of the molecule is Cc1ccc(CNS(=O)(=O)CCCNC(C)C)cn1. The molecule has 0 unspecified atom stereocenters. The number of nitrogens with zero attached hydrogens (tertiary/aromatic N) is 1. The molecule has 0 amide bonds. The molecule has 0 atom stereocenters. The average Bonchev–Trinajstić information content (AvgIpc) is 2.34. The van der Waals surface area contributed by atoms with Gasteiger partial charge in [0.15, 0.2) is 0 Å². The highest BCUT2D eigenvalue weighted by molar-refractivity contribution is 7.89. The monoisotopic (exact) mass is 285 g/mol. The van der Waals surface area contributed by atoms with Gasteiger partial charge in [-0.1, -0.05) is 19.9 Å². The first kappa shape index (κ1) is 16.1. The molecule has 108 valence electrons. The van der Waals surface area contributed by atoms with Crippen molar-refractivity contribution in [1.29, 1.82) is 0 Å². The third kappa shape index (κ3) is 7.25. The van der Waals surface area contributed by atoms with Gasteiger partial charge in [0.05, 0.1) is 5.75 Å². The van der Waals surface area contributed by atoms with Crippen LogP contribution >= 0.6 is 0 Å². The first-order valence-electron chi connectivity index (χ1n) is 6.51. The van der Waals surface area contributed by atoms with Gasteiger partial charge in [0.1, 0.15) is 0 Å². The van der Waals surface area contributed by atoms with E-state index in [-0.39, 0.29) is 5.75 Å². The fourth-order valence-electron chi connectivity index (χ4n) is 1.52. The van der Waals surface area contributed by atoms with Gasteiger partial charge >= 0.3 is 0 Å². The van der Waals surface area contributed by atoms with Gasteiger partial charge in [-0.15, -0.1) is 0 Å². The van der Waals surface area contributed by atoms with E-state index in [1.807, 2.05) is 32.9 Å². The van der Waals surface area contributed by atoms with Crippen LogP contribution in [0.15, 0.2) is 18.3 Å². The lowest BCUT2D eigenvalue weighted by Crippen LogP contribution is -2.29. The lowest BCUT2D eigenvalue weighted by atomic mass is 10.2. The molecular formula is C13H23N3O2S. The summed E-state index contributed by atoms with van der Waals surface area (Å²) in [6.45, 7) is 6.99. The van der Waals surface area contributed by atoms with Crippen molar-refractivity contribution >= 4 is 10.0 Å². The molecule has 0 aromatic carbocycles. The molecule has 0 saturated carbocycles. The zero-order chi connectivity index (χ0) is 14.3. The fourth-order valence-corrected chi connectivity index (χ4v) is 2.58. The third-order valence-corrected chi connectivity index (χ3v) is 4.02. The van der Waals surface area contributed by atoms with Gasteiger partial charge < -0.3 is 5.32 Å². The number of aryl methyl sites for hydroxylation is 1. The summed E-state index contributed by atoms with van der Waals surface area (Å²) in [6, 6.07) is 4.13. The molecule has 0 radical (unpaired) electrons. The van der Waals surface area contributed by atoms with E-state index in [0.717, 1.165) is 11.3 Å². The van der Waals surface area contributed by atoms with Crippen LogP contribution in [0, 0.1) is 6.92 Å². The molecule has 0 saturated heterocycles. The molecule has 1 aromatic rings. The number of aromatic nitrogens is 1. The summed E-state index contributed by atoms with van der Waals surface area (Å²) in [5, 5.41) is 3.20. The lowest BCUT2D eigenvalue weighted by Gasteiger charge is -2.09.